The lowest BCUT2D eigenvalue weighted by Gasteiger charge is -2.72. The second kappa shape index (κ2) is 10.3. The van der Waals surface area contributed by atoms with Gasteiger partial charge in [-0.25, -0.2) is 0 Å². The highest BCUT2D eigenvalue weighted by Gasteiger charge is 2.70. The van der Waals surface area contributed by atoms with Gasteiger partial charge in [0.1, 0.15) is 6.10 Å². The first kappa shape index (κ1) is 31.1. The van der Waals surface area contributed by atoms with Gasteiger partial charge in [-0.3, -0.25) is 14.4 Å². The van der Waals surface area contributed by atoms with Crippen molar-refractivity contribution in [1.82, 2.24) is 0 Å². The molecule has 0 aliphatic heterocycles. The Morgan fingerprint density at radius 1 is 0.721 bits per heavy atom. The summed E-state index contributed by atoms with van der Waals surface area (Å²) in [5, 5.41) is 19.6. The van der Waals surface area contributed by atoms with Gasteiger partial charge in [0.05, 0.1) is 17.8 Å². The molecule has 0 aromatic rings. The van der Waals surface area contributed by atoms with Crippen LogP contribution in [0.15, 0.2) is 12.2 Å². The summed E-state index contributed by atoms with van der Waals surface area (Å²) < 4.78 is 6.30. The van der Waals surface area contributed by atoms with E-state index in [4.69, 9.17) is 4.74 Å². The van der Waals surface area contributed by atoms with Crippen LogP contribution >= 0.6 is 0 Å². The van der Waals surface area contributed by atoms with Gasteiger partial charge in [-0.2, -0.15) is 0 Å². The number of hydrogen-bond donors (Lipinski definition) is 2. The van der Waals surface area contributed by atoms with Crippen molar-refractivity contribution < 1.29 is 29.3 Å². The average molecular weight is 597 g/mol. The molecule has 13 atom stereocenters. The van der Waals surface area contributed by atoms with E-state index in [0.717, 1.165) is 38.5 Å². The van der Waals surface area contributed by atoms with Gasteiger partial charge >= 0.3 is 17.9 Å². The molecule has 0 aromatic heterocycles. The smallest absolute Gasteiger partial charge is 0.309 e. The average Bonchev–Trinajstić information content (AvgIpc) is 3.57. The first-order valence-corrected chi connectivity index (χ1v) is 17.4. The SMILES string of the molecule is C=C(C)[C@@H]1C[C@@H](C(=O)O)C2CC[C@]3(C)[C@H](CC[C@@H]4[C@@]5(C)CC[C@H](OC(=O)[C@H]6CC[C@H](C(=O)O)C6)C(C)(C)[C@@H]5CC[C@]43C)[C@H]21. The third-order valence-corrected chi connectivity index (χ3v) is 15.6. The van der Waals surface area contributed by atoms with Crippen molar-refractivity contribution in [3.63, 3.8) is 0 Å². The Kier molecular flexibility index (Phi) is 7.49. The Labute approximate surface area is 258 Å². The van der Waals surface area contributed by atoms with Crippen LogP contribution in [0.3, 0.4) is 0 Å². The Balaban J connectivity index is 1.23. The van der Waals surface area contributed by atoms with Crippen molar-refractivity contribution in [2.75, 3.05) is 0 Å². The van der Waals surface area contributed by atoms with Crippen LogP contribution in [0.5, 0.6) is 0 Å². The minimum atomic E-state index is -0.795. The third-order valence-electron chi connectivity index (χ3n) is 15.6. The highest BCUT2D eigenvalue weighted by molar-refractivity contribution is 5.76. The number of carbonyl (C=O) groups excluding carboxylic acids is 1. The zero-order chi connectivity index (χ0) is 31.3. The zero-order valence-corrected chi connectivity index (χ0v) is 27.5. The van der Waals surface area contributed by atoms with E-state index in [2.05, 4.69) is 48.1 Å². The molecule has 6 aliphatic carbocycles. The molecule has 6 heteroatoms. The zero-order valence-electron chi connectivity index (χ0n) is 27.5. The Morgan fingerprint density at radius 2 is 1.40 bits per heavy atom. The van der Waals surface area contributed by atoms with Crippen molar-refractivity contribution in [1.29, 1.82) is 0 Å². The summed E-state index contributed by atoms with van der Waals surface area (Å²) in [5.74, 6) is 0.108. The lowest BCUT2D eigenvalue weighted by atomic mass is 9.33. The second-order valence-electron chi connectivity index (χ2n) is 17.4. The molecule has 6 nitrogen and oxygen atoms in total. The summed E-state index contributed by atoms with van der Waals surface area (Å²) in [6.07, 6.45) is 11.0. The van der Waals surface area contributed by atoms with Crippen LogP contribution in [0.4, 0.5) is 0 Å². The topological polar surface area (TPSA) is 101 Å². The summed E-state index contributed by atoms with van der Waals surface area (Å²) in [7, 11) is 0. The second-order valence-corrected chi connectivity index (χ2v) is 17.4. The molecule has 43 heavy (non-hydrogen) atoms. The van der Waals surface area contributed by atoms with Gasteiger partial charge in [-0.05, 0) is 136 Å². The first-order valence-electron chi connectivity index (χ1n) is 17.4. The standard InChI is InChI=1S/C37H56O6/c1-20(2)24-19-25(32(40)41)23-12-16-36(6)26(30(23)24)10-11-28-35(5)15-14-29(34(3,4)27(35)13-17-37(28,36)7)43-33(42)22-9-8-21(18-22)31(38)39/h21-30H,1,8-19H2,2-7H3,(H,38,39)(H,40,41)/t21-,22-,23?,24-,25+,26+,27-,28+,29-,30+,35-,36+,37+/m0/s1. The number of carboxylic acids is 2. The molecule has 0 heterocycles. The highest BCUT2D eigenvalue weighted by Crippen LogP contribution is 2.76. The van der Waals surface area contributed by atoms with Gasteiger partial charge in [0, 0.05) is 5.41 Å². The van der Waals surface area contributed by atoms with Crippen LogP contribution in [0, 0.1) is 74.9 Å². The van der Waals surface area contributed by atoms with Crippen molar-refractivity contribution in [2.24, 2.45) is 74.9 Å². The summed E-state index contributed by atoms with van der Waals surface area (Å²) in [5.41, 5.74) is 1.58. The molecule has 0 saturated heterocycles. The molecule has 6 saturated carbocycles. The largest absolute Gasteiger partial charge is 0.481 e. The fourth-order valence-corrected chi connectivity index (χ4v) is 13.3. The maximum Gasteiger partial charge on any atom is 0.309 e. The van der Waals surface area contributed by atoms with Crippen LogP contribution in [0.25, 0.3) is 0 Å². The van der Waals surface area contributed by atoms with E-state index in [1.54, 1.807) is 0 Å². The Bertz CT molecular complexity index is 1190. The molecule has 0 radical (unpaired) electrons. The molecular weight excluding hydrogens is 540 g/mol. The van der Waals surface area contributed by atoms with E-state index in [-0.39, 0.29) is 51.5 Å². The van der Waals surface area contributed by atoms with Crippen molar-refractivity contribution in [2.45, 2.75) is 125 Å². The van der Waals surface area contributed by atoms with Crippen molar-refractivity contribution >= 4 is 17.9 Å². The number of hydrogen-bond acceptors (Lipinski definition) is 4. The number of fused-ring (bicyclic) bond motifs is 7. The summed E-state index contributed by atoms with van der Waals surface area (Å²) in [4.78, 5) is 37.1. The minimum Gasteiger partial charge on any atom is -0.481 e. The predicted octanol–water partition coefficient (Wildman–Crippen LogP) is 8.00. The number of carbonyl (C=O) groups is 3. The van der Waals surface area contributed by atoms with Crippen LogP contribution < -0.4 is 0 Å². The Morgan fingerprint density at radius 3 is 2.02 bits per heavy atom. The minimum absolute atomic E-state index is 0.128. The fourth-order valence-electron chi connectivity index (χ4n) is 13.3. The summed E-state index contributed by atoms with van der Waals surface area (Å²) in [6, 6.07) is 0. The van der Waals surface area contributed by atoms with E-state index in [0.29, 0.717) is 48.9 Å². The van der Waals surface area contributed by atoms with Gasteiger partial charge in [-0.1, -0.05) is 46.8 Å². The molecule has 6 fully saturated rings. The monoisotopic (exact) mass is 596 g/mol. The highest BCUT2D eigenvalue weighted by atomic mass is 16.5. The molecule has 0 aromatic carbocycles. The molecule has 6 rings (SSSR count). The number of allylic oxidation sites excluding steroid dienone is 1. The lowest BCUT2D eigenvalue weighted by molar-refractivity contribution is -0.245. The molecule has 0 spiro atoms. The van der Waals surface area contributed by atoms with E-state index in [9.17, 15) is 24.6 Å². The van der Waals surface area contributed by atoms with E-state index < -0.39 is 17.9 Å². The number of carboxylic acid groups (broad SMARTS) is 2. The predicted molar refractivity (Wildman–Crippen MR) is 165 cm³/mol. The number of rotatable bonds is 5. The van der Waals surface area contributed by atoms with Crippen LogP contribution in [-0.2, 0) is 19.1 Å². The normalized spacial score (nSPS) is 50.0. The quantitative estimate of drug-likeness (QED) is 0.246. The van der Waals surface area contributed by atoms with Gasteiger partial charge in [0.2, 0.25) is 0 Å². The molecule has 1 unspecified atom stereocenters. The molecule has 0 amide bonds. The van der Waals surface area contributed by atoms with Gasteiger partial charge in [0.15, 0.2) is 0 Å². The molecule has 240 valence electrons. The third kappa shape index (κ3) is 4.41. The number of aliphatic carboxylic acids is 2. The summed E-state index contributed by atoms with van der Waals surface area (Å²) in [6.45, 7) is 18.9. The summed E-state index contributed by atoms with van der Waals surface area (Å²) >= 11 is 0. The van der Waals surface area contributed by atoms with Gasteiger partial charge < -0.3 is 14.9 Å². The molecule has 0 bridgehead atoms. The van der Waals surface area contributed by atoms with Crippen LogP contribution in [-0.4, -0.2) is 34.2 Å². The Hall–Kier alpha value is -1.85. The van der Waals surface area contributed by atoms with Crippen molar-refractivity contribution in [3.8, 4) is 0 Å². The molecular formula is C37H56O6. The van der Waals surface area contributed by atoms with E-state index >= 15 is 0 Å². The maximum atomic E-state index is 13.3. The van der Waals surface area contributed by atoms with E-state index in [1.165, 1.54) is 24.8 Å². The number of esters is 1. The van der Waals surface area contributed by atoms with Crippen molar-refractivity contribution in [3.05, 3.63) is 12.2 Å². The molecule has 2 N–H and O–H groups in total. The van der Waals surface area contributed by atoms with Gasteiger partial charge in [-0.15, -0.1) is 0 Å². The lowest BCUT2D eigenvalue weighted by Crippen LogP contribution is -2.66. The first-order chi connectivity index (χ1) is 20.1. The molecule has 6 aliphatic rings. The van der Waals surface area contributed by atoms with Crippen LogP contribution in [0.2, 0.25) is 0 Å². The fraction of sp³-hybridized carbons (Fsp3) is 0.865. The maximum absolute atomic E-state index is 13.3. The van der Waals surface area contributed by atoms with Crippen LogP contribution in [0.1, 0.15) is 119 Å². The van der Waals surface area contributed by atoms with Gasteiger partial charge in [0.25, 0.3) is 0 Å². The number of ether oxygens (including phenoxy) is 1. The van der Waals surface area contributed by atoms with E-state index in [1.807, 2.05) is 0 Å².